The Kier molecular flexibility index (Phi) is 4.98. The topological polar surface area (TPSA) is 40.5 Å². The minimum Gasteiger partial charge on any atom is -0.507 e. The van der Waals surface area contributed by atoms with Gasteiger partial charge in [0.15, 0.2) is 0 Å². The van der Waals surface area contributed by atoms with Gasteiger partial charge in [0.25, 0.3) is 0 Å². The van der Waals surface area contributed by atoms with Gasteiger partial charge in [-0.3, -0.25) is 0 Å². The summed E-state index contributed by atoms with van der Waals surface area (Å²) in [4.78, 5) is 0. The smallest absolute Gasteiger partial charge is 0.122 e. The molecule has 0 spiro atoms. The maximum atomic E-state index is 10.1. The van der Waals surface area contributed by atoms with E-state index in [0.717, 1.165) is 24.0 Å². The van der Waals surface area contributed by atoms with E-state index >= 15 is 0 Å². The van der Waals surface area contributed by atoms with Gasteiger partial charge in [-0.2, -0.15) is 0 Å². The number of benzene rings is 2. The van der Waals surface area contributed by atoms with Crippen LogP contribution in [0.3, 0.4) is 0 Å². The van der Waals surface area contributed by atoms with Crippen molar-refractivity contribution in [2.24, 2.45) is 0 Å². The zero-order valence-electron chi connectivity index (χ0n) is 15.0. The van der Waals surface area contributed by atoms with E-state index in [-0.39, 0.29) is 5.41 Å². The molecule has 3 rings (SSSR count). The van der Waals surface area contributed by atoms with E-state index in [1.54, 1.807) is 12.1 Å². The quantitative estimate of drug-likeness (QED) is 0.717. The molecule has 1 aliphatic carbocycles. The number of aromatic hydroxyl groups is 2. The van der Waals surface area contributed by atoms with Gasteiger partial charge in [0.05, 0.1) is 0 Å². The number of hydrogen-bond donors (Lipinski definition) is 2. The Hall–Kier alpha value is -2.48. The first-order valence-corrected chi connectivity index (χ1v) is 9.03. The lowest BCUT2D eigenvalue weighted by atomic mass is 9.72. The highest BCUT2D eigenvalue weighted by Gasteiger charge is 2.37. The first-order chi connectivity index (χ1) is 12.1. The molecule has 2 heteroatoms. The van der Waals surface area contributed by atoms with Crippen LogP contribution in [0.5, 0.6) is 11.5 Å². The summed E-state index contributed by atoms with van der Waals surface area (Å²) in [5, 5.41) is 20.2. The molecule has 1 aliphatic rings. The van der Waals surface area contributed by atoms with E-state index in [2.05, 4.69) is 24.3 Å². The minimum absolute atomic E-state index is 0.0476. The van der Waals surface area contributed by atoms with Crippen LogP contribution in [0.25, 0.3) is 12.2 Å². The SMILES string of the molecule is CC=Cc1cc(C2(c3ccc(O)c(C=CC)c3)CCCC2)ccc1O. The van der Waals surface area contributed by atoms with Crippen LogP contribution in [0.1, 0.15) is 61.8 Å². The van der Waals surface area contributed by atoms with Crippen LogP contribution >= 0.6 is 0 Å². The van der Waals surface area contributed by atoms with E-state index in [0.29, 0.717) is 11.5 Å². The molecule has 0 heterocycles. The van der Waals surface area contributed by atoms with Crippen LogP contribution in [0, 0.1) is 0 Å². The fraction of sp³-hybridized carbons (Fsp3) is 0.304. The van der Waals surface area contributed by atoms with Gasteiger partial charge < -0.3 is 10.2 Å². The van der Waals surface area contributed by atoms with E-state index in [9.17, 15) is 10.2 Å². The molecule has 0 aromatic heterocycles. The maximum absolute atomic E-state index is 10.1. The Morgan fingerprint density at radius 2 is 1.20 bits per heavy atom. The number of phenols is 2. The fourth-order valence-corrected chi connectivity index (χ4v) is 4.05. The number of hydrogen-bond acceptors (Lipinski definition) is 2. The van der Waals surface area contributed by atoms with Crippen LogP contribution < -0.4 is 0 Å². The molecule has 2 aromatic rings. The second-order valence-corrected chi connectivity index (χ2v) is 6.84. The van der Waals surface area contributed by atoms with E-state index in [4.69, 9.17) is 0 Å². The monoisotopic (exact) mass is 334 g/mol. The summed E-state index contributed by atoms with van der Waals surface area (Å²) >= 11 is 0. The lowest BCUT2D eigenvalue weighted by Crippen LogP contribution is -2.24. The van der Waals surface area contributed by atoms with Crippen LogP contribution in [0.2, 0.25) is 0 Å². The molecule has 25 heavy (non-hydrogen) atoms. The van der Waals surface area contributed by atoms with E-state index in [1.807, 2.05) is 38.2 Å². The molecule has 0 unspecified atom stereocenters. The van der Waals surface area contributed by atoms with E-state index in [1.165, 1.54) is 24.0 Å². The molecular weight excluding hydrogens is 308 g/mol. The van der Waals surface area contributed by atoms with Gasteiger partial charge >= 0.3 is 0 Å². The molecule has 2 N–H and O–H groups in total. The van der Waals surface area contributed by atoms with Gasteiger partial charge in [0.2, 0.25) is 0 Å². The largest absolute Gasteiger partial charge is 0.507 e. The lowest BCUT2D eigenvalue weighted by Gasteiger charge is -2.31. The summed E-state index contributed by atoms with van der Waals surface area (Å²) in [6.07, 6.45) is 12.4. The first kappa shape index (κ1) is 17.3. The summed E-state index contributed by atoms with van der Waals surface area (Å²) in [5.41, 5.74) is 4.16. The van der Waals surface area contributed by atoms with Crippen molar-refractivity contribution >= 4 is 12.2 Å². The van der Waals surface area contributed by atoms with Crippen molar-refractivity contribution in [1.29, 1.82) is 0 Å². The van der Waals surface area contributed by atoms with Gasteiger partial charge in [-0.15, -0.1) is 0 Å². The van der Waals surface area contributed by atoms with Gasteiger partial charge in [-0.05, 0) is 62.1 Å². The Morgan fingerprint density at radius 3 is 1.60 bits per heavy atom. The van der Waals surface area contributed by atoms with Gasteiger partial charge in [-0.25, -0.2) is 0 Å². The van der Waals surface area contributed by atoms with E-state index < -0.39 is 0 Å². The molecular formula is C23H26O2. The highest BCUT2D eigenvalue weighted by molar-refractivity contribution is 5.62. The Morgan fingerprint density at radius 1 is 0.760 bits per heavy atom. The number of rotatable bonds is 4. The lowest BCUT2D eigenvalue weighted by molar-refractivity contribution is 0.470. The van der Waals surface area contributed by atoms with Crippen LogP contribution in [0.4, 0.5) is 0 Å². The molecule has 2 nitrogen and oxygen atoms in total. The summed E-state index contributed by atoms with van der Waals surface area (Å²) < 4.78 is 0. The predicted octanol–water partition coefficient (Wildman–Crippen LogP) is 6.02. The Labute approximate surface area is 150 Å². The molecule has 0 saturated heterocycles. The Balaban J connectivity index is 2.15. The molecule has 0 atom stereocenters. The highest BCUT2D eigenvalue weighted by atomic mass is 16.3. The summed E-state index contributed by atoms with van der Waals surface area (Å²) in [6, 6.07) is 11.9. The van der Waals surface area contributed by atoms with Crippen molar-refractivity contribution in [3.8, 4) is 11.5 Å². The van der Waals surface area contributed by atoms with Crippen LogP contribution in [-0.2, 0) is 5.41 Å². The highest BCUT2D eigenvalue weighted by Crippen LogP contribution is 2.48. The number of allylic oxidation sites excluding steroid dienone is 2. The third kappa shape index (κ3) is 3.21. The van der Waals surface area contributed by atoms with Crippen molar-refractivity contribution in [2.45, 2.75) is 44.9 Å². The normalized spacial score (nSPS) is 16.9. The summed E-state index contributed by atoms with van der Waals surface area (Å²) in [6.45, 7) is 3.92. The van der Waals surface area contributed by atoms with Crippen molar-refractivity contribution < 1.29 is 10.2 Å². The molecule has 2 aromatic carbocycles. The van der Waals surface area contributed by atoms with Crippen molar-refractivity contribution in [3.05, 3.63) is 70.8 Å². The summed E-state index contributed by atoms with van der Waals surface area (Å²) in [5.74, 6) is 0.630. The maximum Gasteiger partial charge on any atom is 0.122 e. The fourth-order valence-electron chi connectivity index (χ4n) is 4.05. The van der Waals surface area contributed by atoms with Gasteiger partial charge in [-0.1, -0.05) is 49.3 Å². The predicted molar refractivity (Wildman–Crippen MR) is 105 cm³/mol. The van der Waals surface area contributed by atoms with Crippen molar-refractivity contribution in [3.63, 3.8) is 0 Å². The van der Waals surface area contributed by atoms with Gasteiger partial charge in [0, 0.05) is 16.5 Å². The third-order valence-electron chi connectivity index (χ3n) is 5.31. The van der Waals surface area contributed by atoms with Crippen LogP contribution in [0.15, 0.2) is 48.6 Å². The molecule has 0 bridgehead atoms. The van der Waals surface area contributed by atoms with Gasteiger partial charge in [0.1, 0.15) is 11.5 Å². The summed E-state index contributed by atoms with van der Waals surface area (Å²) in [7, 11) is 0. The first-order valence-electron chi connectivity index (χ1n) is 9.03. The molecule has 0 aliphatic heterocycles. The second kappa shape index (κ2) is 7.18. The Bertz CT molecular complexity index is 745. The average Bonchev–Trinajstić information content (AvgIpc) is 3.10. The molecule has 130 valence electrons. The zero-order chi connectivity index (χ0) is 17.9. The zero-order valence-corrected chi connectivity index (χ0v) is 15.0. The van der Waals surface area contributed by atoms with Crippen molar-refractivity contribution in [2.75, 3.05) is 0 Å². The van der Waals surface area contributed by atoms with Crippen LogP contribution in [-0.4, -0.2) is 10.2 Å². The number of phenolic OH excluding ortho intramolecular Hbond substituents is 2. The molecule has 0 radical (unpaired) electrons. The molecule has 0 amide bonds. The third-order valence-corrected chi connectivity index (χ3v) is 5.31. The molecule has 1 fully saturated rings. The van der Waals surface area contributed by atoms with Crippen molar-refractivity contribution in [1.82, 2.24) is 0 Å². The minimum atomic E-state index is -0.0476. The standard InChI is InChI=1S/C23H26O2/c1-3-7-17-15-19(9-11-21(17)24)23(13-5-6-14-23)20-10-12-22(25)18(16-20)8-4-2/h3-4,7-12,15-16,24-25H,5-6,13-14H2,1-2H3. The molecule has 1 saturated carbocycles. The average molecular weight is 334 g/mol. The second-order valence-electron chi connectivity index (χ2n) is 6.84.